The third-order valence-corrected chi connectivity index (χ3v) is 2.91. The predicted octanol–water partition coefficient (Wildman–Crippen LogP) is 2.61. The molecule has 102 valence electrons. The lowest BCUT2D eigenvalue weighted by Crippen LogP contribution is -2.03. The molecular weight excluding hydrogens is 259 g/mol. The van der Waals surface area contributed by atoms with Crippen molar-refractivity contribution in [1.29, 1.82) is 0 Å². The van der Waals surface area contributed by atoms with Crippen molar-refractivity contribution in [2.75, 3.05) is 7.05 Å². The Kier molecular flexibility index (Phi) is 3.30. The van der Waals surface area contributed by atoms with Crippen molar-refractivity contribution in [3.63, 3.8) is 0 Å². The van der Waals surface area contributed by atoms with Gasteiger partial charge in [0.2, 0.25) is 0 Å². The molecule has 1 aromatic carbocycles. The number of benzene rings is 1. The summed E-state index contributed by atoms with van der Waals surface area (Å²) in [7, 11) is 1.90. The lowest BCUT2D eigenvalue weighted by atomic mass is 10.1. The van der Waals surface area contributed by atoms with E-state index in [0.29, 0.717) is 5.75 Å². The summed E-state index contributed by atoms with van der Waals surface area (Å²) in [5.74, 6) is 0.107. The molecule has 0 atom stereocenters. The number of H-pyrrole nitrogens is 1. The van der Waals surface area contributed by atoms with Crippen molar-refractivity contribution in [1.82, 2.24) is 20.3 Å². The maximum atomic E-state index is 12.7. The lowest BCUT2D eigenvalue weighted by Gasteiger charge is -2.04. The standard InChI is InChI=1S/C14H13FN4O/c1-16-5-9-6-17-13-4-11(2-3-12(9)13)20-14-18-7-10(15)8-19-14/h2-4,6-8,16-17H,5H2,1H3. The molecule has 0 amide bonds. The van der Waals surface area contributed by atoms with Crippen LogP contribution >= 0.6 is 0 Å². The molecule has 0 radical (unpaired) electrons. The van der Waals surface area contributed by atoms with E-state index in [1.165, 1.54) is 5.56 Å². The van der Waals surface area contributed by atoms with E-state index in [-0.39, 0.29) is 6.01 Å². The molecule has 0 bridgehead atoms. The number of fused-ring (bicyclic) bond motifs is 1. The highest BCUT2D eigenvalue weighted by Gasteiger charge is 2.06. The third-order valence-electron chi connectivity index (χ3n) is 2.91. The monoisotopic (exact) mass is 272 g/mol. The summed E-state index contributed by atoms with van der Waals surface area (Å²) in [5, 5.41) is 4.25. The van der Waals surface area contributed by atoms with Crippen molar-refractivity contribution in [2.24, 2.45) is 0 Å². The molecule has 0 aliphatic carbocycles. The molecule has 2 heterocycles. The molecular formula is C14H13FN4O. The van der Waals surface area contributed by atoms with Gasteiger partial charge in [-0.25, -0.2) is 14.4 Å². The average molecular weight is 272 g/mol. The molecule has 20 heavy (non-hydrogen) atoms. The number of aromatic amines is 1. The van der Waals surface area contributed by atoms with Crippen LogP contribution in [0, 0.1) is 5.82 Å². The molecule has 2 N–H and O–H groups in total. The van der Waals surface area contributed by atoms with Crippen LogP contribution in [0.5, 0.6) is 11.8 Å². The van der Waals surface area contributed by atoms with Gasteiger partial charge < -0.3 is 15.0 Å². The van der Waals surface area contributed by atoms with Gasteiger partial charge in [-0.1, -0.05) is 0 Å². The number of nitrogens with zero attached hydrogens (tertiary/aromatic N) is 2. The van der Waals surface area contributed by atoms with Gasteiger partial charge in [-0.3, -0.25) is 0 Å². The Morgan fingerprint density at radius 3 is 2.85 bits per heavy atom. The zero-order valence-corrected chi connectivity index (χ0v) is 10.9. The molecule has 0 spiro atoms. The van der Waals surface area contributed by atoms with Crippen molar-refractivity contribution in [2.45, 2.75) is 6.54 Å². The van der Waals surface area contributed by atoms with Gasteiger partial charge in [0.25, 0.3) is 0 Å². The lowest BCUT2D eigenvalue weighted by molar-refractivity contribution is 0.436. The molecule has 6 heteroatoms. The van der Waals surface area contributed by atoms with Gasteiger partial charge in [-0.05, 0) is 24.7 Å². The minimum atomic E-state index is -0.492. The maximum absolute atomic E-state index is 12.7. The topological polar surface area (TPSA) is 62.8 Å². The van der Waals surface area contributed by atoms with Gasteiger partial charge in [-0.15, -0.1) is 0 Å². The van der Waals surface area contributed by atoms with Crippen molar-refractivity contribution >= 4 is 10.9 Å². The number of ether oxygens (including phenoxy) is 1. The van der Waals surface area contributed by atoms with Gasteiger partial charge in [-0.2, -0.15) is 0 Å². The maximum Gasteiger partial charge on any atom is 0.322 e. The number of nitrogens with one attached hydrogen (secondary N) is 2. The number of hydrogen-bond acceptors (Lipinski definition) is 4. The molecule has 0 aliphatic rings. The molecule has 3 aromatic rings. The molecule has 0 saturated carbocycles. The van der Waals surface area contributed by atoms with E-state index in [1.807, 2.05) is 31.4 Å². The first-order chi connectivity index (χ1) is 9.76. The van der Waals surface area contributed by atoms with Gasteiger partial charge in [0, 0.05) is 29.7 Å². The van der Waals surface area contributed by atoms with E-state index in [0.717, 1.165) is 29.8 Å². The number of halogens is 1. The SMILES string of the molecule is CNCc1c[nH]c2cc(Oc3ncc(F)cn3)ccc12. The normalized spacial score (nSPS) is 10.9. The minimum Gasteiger partial charge on any atom is -0.424 e. The molecule has 5 nitrogen and oxygen atoms in total. The quantitative estimate of drug-likeness (QED) is 0.766. The van der Waals surface area contributed by atoms with Crippen molar-refractivity contribution in [3.8, 4) is 11.8 Å². The second kappa shape index (κ2) is 5.26. The van der Waals surface area contributed by atoms with E-state index < -0.39 is 5.82 Å². The zero-order chi connectivity index (χ0) is 13.9. The Bertz CT molecular complexity index is 724. The molecule has 3 rings (SSSR count). The second-order valence-corrected chi connectivity index (χ2v) is 4.34. The fraction of sp³-hybridized carbons (Fsp3) is 0.143. The molecule has 0 aliphatic heterocycles. The smallest absolute Gasteiger partial charge is 0.322 e. The molecule has 2 aromatic heterocycles. The molecule has 0 saturated heterocycles. The van der Waals surface area contributed by atoms with E-state index >= 15 is 0 Å². The first kappa shape index (κ1) is 12.6. The fourth-order valence-electron chi connectivity index (χ4n) is 2.02. The Morgan fingerprint density at radius 1 is 1.30 bits per heavy atom. The van der Waals surface area contributed by atoms with Crippen LogP contribution in [0.15, 0.2) is 36.8 Å². The first-order valence-corrected chi connectivity index (χ1v) is 6.16. The Hall–Kier alpha value is -2.47. The summed E-state index contributed by atoms with van der Waals surface area (Å²) in [4.78, 5) is 10.7. The van der Waals surface area contributed by atoms with Crippen LogP contribution < -0.4 is 10.1 Å². The molecule has 0 fully saturated rings. The summed E-state index contributed by atoms with van der Waals surface area (Å²) in [6.45, 7) is 0.793. The number of hydrogen-bond donors (Lipinski definition) is 2. The Labute approximate surface area is 114 Å². The number of rotatable bonds is 4. The predicted molar refractivity (Wildman–Crippen MR) is 73.1 cm³/mol. The van der Waals surface area contributed by atoms with Gasteiger partial charge in [0.05, 0.1) is 12.4 Å². The Morgan fingerprint density at radius 2 is 2.10 bits per heavy atom. The van der Waals surface area contributed by atoms with Gasteiger partial charge in [0.1, 0.15) is 5.75 Å². The number of aromatic nitrogens is 3. The molecule has 0 unspecified atom stereocenters. The van der Waals surface area contributed by atoms with Gasteiger partial charge >= 0.3 is 6.01 Å². The van der Waals surface area contributed by atoms with Crippen molar-refractivity contribution < 1.29 is 9.13 Å². The van der Waals surface area contributed by atoms with E-state index in [1.54, 1.807) is 0 Å². The van der Waals surface area contributed by atoms with E-state index in [9.17, 15) is 4.39 Å². The van der Waals surface area contributed by atoms with Crippen LogP contribution in [0.1, 0.15) is 5.56 Å². The third kappa shape index (κ3) is 2.46. The summed E-state index contributed by atoms with van der Waals surface area (Å²) < 4.78 is 18.2. The highest BCUT2D eigenvalue weighted by atomic mass is 19.1. The Balaban J connectivity index is 1.87. The minimum absolute atomic E-state index is 0.118. The van der Waals surface area contributed by atoms with Gasteiger partial charge in [0.15, 0.2) is 5.82 Å². The largest absolute Gasteiger partial charge is 0.424 e. The average Bonchev–Trinajstić information content (AvgIpc) is 2.85. The van der Waals surface area contributed by atoms with E-state index in [4.69, 9.17) is 4.74 Å². The zero-order valence-electron chi connectivity index (χ0n) is 10.9. The van der Waals surface area contributed by atoms with E-state index in [2.05, 4.69) is 20.3 Å². The summed E-state index contributed by atoms with van der Waals surface area (Å²) >= 11 is 0. The van der Waals surface area contributed by atoms with Crippen LogP contribution in [0.25, 0.3) is 10.9 Å². The second-order valence-electron chi connectivity index (χ2n) is 4.34. The summed E-state index contributed by atoms with van der Waals surface area (Å²) in [6, 6.07) is 5.79. The summed E-state index contributed by atoms with van der Waals surface area (Å²) in [5.41, 5.74) is 2.15. The summed E-state index contributed by atoms with van der Waals surface area (Å²) in [6.07, 6.45) is 4.10. The van der Waals surface area contributed by atoms with Crippen molar-refractivity contribution in [3.05, 3.63) is 48.2 Å². The first-order valence-electron chi connectivity index (χ1n) is 6.16. The van der Waals surface area contributed by atoms with Crippen LogP contribution in [-0.4, -0.2) is 22.0 Å². The van der Waals surface area contributed by atoms with Crippen LogP contribution in [0.2, 0.25) is 0 Å². The fourth-order valence-corrected chi connectivity index (χ4v) is 2.02. The van der Waals surface area contributed by atoms with Crippen LogP contribution in [-0.2, 0) is 6.54 Å². The van der Waals surface area contributed by atoms with Crippen LogP contribution in [0.4, 0.5) is 4.39 Å². The van der Waals surface area contributed by atoms with Crippen LogP contribution in [0.3, 0.4) is 0 Å². The highest BCUT2D eigenvalue weighted by molar-refractivity contribution is 5.84. The highest BCUT2D eigenvalue weighted by Crippen LogP contribution is 2.25.